The molecule has 0 aliphatic carbocycles. The number of unbranched alkanes of at least 4 members (excludes halogenated alkanes) is 14. The maximum Gasteiger partial charge on any atom is 0.394 e. The molecule has 0 amide bonds. The highest BCUT2D eigenvalue weighted by Crippen LogP contribution is 2.13. The van der Waals surface area contributed by atoms with Crippen molar-refractivity contribution in [3.63, 3.8) is 0 Å². The summed E-state index contributed by atoms with van der Waals surface area (Å²) in [7, 11) is -4.67. The maximum atomic E-state index is 11.3. The molecular formula is C21H44O6S. The van der Waals surface area contributed by atoms with E-state index in [4.69, 9.17) is 22.3 Å². The molecule has 0 rings (SSSR count). The molecule has 0 radical (unpaired) electrons. The Hall–Kier alpha value is -0.660. The first-order valence-electron chi connectivity index (χ1n) is 11.2. The molecule has 170 valence electrons. The number of hydrogen-bond acceptors (Lipinski definition) is 4. The number of esters is 1. The van der Waals surface area contributed by atoms with E-state index in [0.717, 1.165) is 12.8 Å². The van der Waals surface area contributed by atoms with E-state index in [2.05, 4.69) is 6.92 Å². The summed E-state index contributed by atoms with van der Waals surface area (Å²) in [5.74, 6) is -0.0125. The van der Waals surface area contributed by atoms with Crippen molar-refractivity contribution in [2.45, 2.75) is 123 Å². The van der Waals surface area contributed by atoms with Gasteiger partial charge in [0.1, 0.15) is 0 Å². The zero-order valence-corrected chi connectivity index (χ0v) is 19.0. The second kappa shape index (κ2) is 22.6. The van der Waals surface area contributed by atoms with Crippen molar-refractivity contribution in [2.75, 3.05) is 6.61 Å². The highest BCUT2D eigenvalue weighted by Gasteiger charge is 2.01. The van der Waals surface area contributed by atoms with Crippen molar-refractivity contribution in [3.8, 4) is 0 Å². The van der Waals surface area contributed by atoms with Gasteiger partial charge in [0.05, 0.1) is 6.61 Å². The van der Waals surface area contributed by atoms with Gasteiger partial charge in [0.2, 0.25) is 0 Å². The standard InChI is InChI=1S/C21H42O2.H2O4S/c1-3-5-6-7-8-9-10-11-12-13-14-15-16-17-18-19-21(22)23-20-4-2;1-5(2,3)4/h3-20H2,1-2H3;(H2,1,2,3,4). The van der Waals surface area contributed by atoms with Gasteiger partial charge in [-0.2, -0.15) is 8.42 Å². The van der Waals surface area contributed by atoms with Gasteiger partial charge in [-0.25, -0.2) is 0 Å². The molecule has 28 heavy (non-hydrogen) atoms. The molecule has 0 atom stereocenters. The lowest BCUT2D eigenvalue weighted by Gasteiger charge is -2.04. The van der Waals surface area contributed by atoms with E-state index in [0.29, 0.717) is 13.0 Å². The molecular weight excluding hydrogens is 380 g/mol. The molecule has 0 aromatic carbocycles. The van der Waals surface area contributed by atoms with Crippen LogP contribution in [0, 0.1) is 0 Å². The molecule has 0 aliphatic heterocycles. The third-order valence-corrected chi connectivity index (χ3v) is 4.45. The Morgan fingerprint density at radius 1 is 0.643 bits per heavy atom. The van der Waals surface area contributed by atoms with Gasteiger partial charge in [0.25, 0.3) is 0 Å². The van der Waals surface area contributed by atoms with Crippen molar-refractivity contribution in [1.29, 1.82) is 0 Å². The second-order valence-corrected chi connectivity index (χ2v) is 8.26. The van der Waals surface area contributed by atoms with Crippen LogP contribution >= 0.6 is 0 Å². The summed E-state index contributed by atoms with van der Waals surface area (Å²) in [5, 5.41) is 0. The average molecular weight is 425 g/mol. The van der Waals surface area contributed by atoms with Crippen molar-refractivity contribution in [2.24, 2.45) is 0 Å². The van der Waals surface area contributed by atoms with Gasteiger partial charge >= 0.3 is 16.4 Å². The number of rotatable bonds is 18. The zero-order chi connectivity index (χ0) is 21.5. The fourth-order valence-corrected chi connectivity index (χ4v) is 2.93. The van der Waals surface area contributed by atoms with Gasteiger partial charge in [0, 0.05) is 6.42 Å². The van der Waals surface area contributed by atoms with E-state index in [1.165, 1.54) is 89.9 Å². The van der Waals surface area contributed by atoms with E-state index < -0.39 is 10.4 Å². The Labute approximate surface area is 173 Å². The van der Waals surface area contributed by atoms with Crippen LogP contribution in [0.15, 0.2) is 0 Å². The Morgan fingerprint density at radius 3 is 1.29 bits per heavy atom. The van der Waals surface area contributed by atoms with E-state index in [-0.39, 0.29) is 5.97 Å². The summed E-state index contributed by atoms with van der Waals surface area (Å²) < 4.78 is 36.7. The van der Waals surface area contributed by atoms with Crippen LogP contribution < -0.4 is 0 Å². The van der Waals surface area contributed by atoms with E-state index in [1.807, 2.05) is 6.92 Å². The molecule has 0 fully saturated rings. The second-order valence-electron chi connectivity index (χ2n) is 7.37. The number of hydrogen-bond donors (Lipinski definition) is 2. The lowest BCUT2D eigenvalue weighted by atomic mass is 10.0. The summed E-state index contributed by atoms with van der Waals surface area (Å²) >= 11 is 0. The van der Waals surface area contributed by atoms with Gasteiger partial charge in [-0.3, -0.25) is 13.9 Å². The molecule has 0 unspecified atom stereocenters. The molecule has 0 heterocycles. The molecule has 0 aliphatic rings. The van der Waals surface area contributed by atoms with Crippen LogP contribution in [-0.4, -0.2) is 30.1 Å². The Kier molecular flexibility index (Phi) is 23.9. The minimum absolute atomic E-state index is 0.0125. The smallest absolute Gasteiger partial charge is 0.394 e. The van der Waals surface area contributed by atoms with Crippen LogP contribution in [0.2, 0.25) is 0 Å². The highest BCUT2D eigenvalue weighted by molar-refractivity contribution is 7.79. The Bertz CT molecular complexity index is 415. The molecule has 6 nitrogen and oxygen atoms in total. The molecule has 0 saturated heterocycles. The predicted octanol–water partition coefficient (Wildman–Crippen LogP) is 6.55. The SMILES string of the molecule is CCCCCCCCCCCCCCCCCC(=O)OCCC.O=S(=O)(O)O. The third kappa shape index (κ3) is 36.3. The minimum Gasteiger partial charge on any atom is -0.466 e. The van der Waals surface area contributed by atoms with Crippen LogP contribution in [-0.2, 0) is 19.9 Å². The van der Waals surface area contributed by atoms with Crippen LogP contribution in [0.4, 0.5) is 0 Å². The molecule has 0 saturated carbocycles. The van der Waals surface area contributed by atoms with Gasteiger partial charge in [-0.15, -0.1) is 0 Å². The molecule has 7 heteroatoms. The maximum absolute atomic E-state index is 11.3. The fraction of sp³-hybridized carbons (Fsp3) is 0.952. The lowest BCUT2D eigenvalue weighted by Crippen LogP contribution is -2.04. The van der Waals surface area contributed by atoms with Crippen molar-refractivity contribution in [3.05, 3.63) is 0 Å². The lowest BCUT2D eigenvalue weighted by molar-refractivity contribution is -0.143. The number of carbonyl (C=O) groups excluding carboxylic acids is 1. The summed E-state index contributed by atoms with van der Waals surface area (Å²) in [6.45, 7) is 4.89. The van der Waals surface area contributed by atoms with E-state index in [1.54, 1.807) is 0 Å². The molecule has 0 aromatic heterocycles. The van der Waals surface area contributed by atoms with Crippen molar-refractivity contribution < 1.29 is 27.1 Å². The van der Waals surface area contributed by atoms with Gasteiger partial charge < -0.3 is 4.74 Å². The topological polar surface area (TPSA) is 101 Å². The van der Waals surface area contributed by atoms with Crippen LogP contribution in [0.5, 0.6) is 0 Å². The Morgan fingerprint density at radius 2 is 0.964 bits per heavy atom. The van der Waals surface area contributed by atoms with Crippen molar-refractivity contribution in [1.82, 2.24) is 0 Å². The third-order valence-electron chi connectivity index (χ3n) is 4.45. The Balaban J connectivity index is 0. The van der Waals surface area contributed by atoms with Gasteiger partial charge in [-0.05, 0) is 12.8 Å². The van der Waals surface area contributed by atoms with Gasteiger partial charge in [0.15, 0.2) is 0 Å². The van der Waals surface area contributed by atoms with E-state index in [9.17, 15) is 4.79 Å². The quantitative estimate of drug-likeness (QED) is 0.147. The first-order valence-corrected chi connectivity index (χ1v) is 12.6. The molecule has 2 N–H and O–H groups in total. The highest BCUT2D eigenvalue weighted by atomic mass is 32.3. The predicted molar refractivity (Wildman–Crippen MR) is 115 cm³/mol. The fourth-order valence-electron chi connectivity index (χ4n) is 2.93. The minimum atomic E-state index is -4.67. The van der Waals surface area contributed by atoms with Gasteiger partial charge in [-0.1, -0.05) is 104 Å². The molecule has 0 bridgehead atoms. The number of carbonyl (C=O) groups is 1. The summed E-state index contributed by atoms with van der Waals surface area (Å²) in [6.07, 6.45) is 21.9. The molecule has 0 spiro atoms. The monoisotopic (exact) mass is 424 g/mol. The summed E-state index contributed by atoms with van der Waals surface area (Å²) in [5.41, 5.74) is 0. The first kappa shape index (κ1) is 29.5. The zero-order valence-electron chi connectivity index (χ0n) is 18.2. The van der Waals surface area contributed by atoms with E-state index >= 15 is 0 Å². The largest absolute Gasteiger partial charge is 0.466 e. The van der Waals surface area contributed by atoms with Crippen molar-refractivity contribution >= 4 is 16.4 Å². The first-order chi connectivity index (χ1) is 13.3. The van der Waals surface area contributed by atoms with Crippen LogP contribution in [0.3, 0.4) is 0 Å². The summed E-state index contributed by atoms with van der Waals surface area (Å²) in [4.78, 5) is 11.3. The normalized spacial score (nSPS) is 11.0. The van der Waals surface area contributed by atoms with Crippen LogP contribution in [0.1, 0.15) is 123 Å². The molecule has 0 aromatic rings. The number of ether oxygens (including phenoxy) is 1. The summed E-state index contributed by atoms with van der Waals surface area (Å²) in [6, 6.07) is 0. The van der Waals surface area contributed by atoms with Crippen LogP contribution in [0.25, 0.3) is 0 Å². The average Bonchev–Trinajstić information content (AvgIpc) is 2.61.